The number of hydrogen-bond acceptors (Lipinski definition) is 4. The average Bonchev–Trinajstić information content (AvgIpc) is 2.61. The van der Waals surface area contributed by atoms with Crippen LogP contribution in [0, 0.1) is 0 Å². The Bertz CT molecular complexity index is 897. The Balaban J connectivity index is 0.00000243. The van der Waals surface area contributed by atoms with Gasteiger partial charge in [-0.1, -0.05) is 23.7 Å². The molecule has 0 radical (unpaired) electrons. The van der Waals surface area contributed by atoms with Crippen molar-refractivity contribution >= 4 is 34.9 Å². The average molecular weight is 395 g/mol. The second-order valence-corrected chi connectivity index (χ2v) is 6.23. The molecule has 0 saturated carbocycles. The number of nitrogens with one attached hydrogen (secondary N) is 2. The zero-order valence-corrected chi connectivity index (χ0v) is 15.5. The van der Waals surface area contributed by atoms with E-state index >= 15 is 0 Å². The number of hydrogen-bond donors (Lipinski definition) is 3. The number of ether oxygens (including phenoxy) is 1. The van der Waals surface area contributed by atoms with Crippen molar-refractivity contribution in [2.75, 3.05) is 13.2 Å². The first-order chi connectivity index (χ1) is 12.1. The van der Waals surface area contributed by atoms with Gasteiger partial charge in [-0.2, -0.15) is 0 Å². The Morgan fingerprint density at radius 3 is 2.65 bits per heavy atom. The van der Waals surface area contributed by atoms with Gasteiger partial charge in [-0.05, 0) is 42.0 Å². The molecule has 0 bridgehead atoms. The summed E-state index contributed by atoms with van der Waals surface area (Å²) < 4.78 is 5.63. The number of aliphatic hydroxyl groups is 1. The molecule has 1 aromatic heterocycles. The summed E-state index contributed by atoms with van der Waals surface area (Å²) >= 11 is 5.85. The van der Waals surface area contributed by atoms with Gasteiger partial charge in [0.25, 0.3) is 0 Å². The minimum absolute atomic E-state index is 0. The van der Waals surface area contributed by atoms with E-state index in [4.69, 9.17) is 16.3 Å². The van der Waals surface area contributed by atoms with Gasteiger partial charge in [0, 0.05) is 35.1 Å². The molecule has 26 heavy (non-hydrogen) atoms. The van der Waals surface area contributed by atoms with E-state index in [0.717, 1.165) is 16.5 Å². The topological polar surface area (TPSA) is 74.3 Å². The molecule has 7 heteroatoms. The monoisotopic (exact) mass is 394 g/mol. The largest absolute Gasteiger partial charge is 0.491 e. The Morgan fingerprint density at radius 2 is 1.88 bits per heavy atom. The maximum Gasteiger partial charge on any atom is 0.248 e. The van der Waals surface area contributed by atoms with Crippen molar-refractivity contribution in [1.82, 2.24) is 10.3 Å². The highest BCUT2D eigenvalue weighted by Gasteiger charge is 2.06. The molecule has 1 heterocycles. The van der Waals surface area contributed by atoms with Crippen molar-refractivity contribution in [1.29, 1.82) is 0 Å². The molecule has 3 N–H and O–H groups in total. The molecular formula is C19H20Cl2N2O3. The maximum atomic E-state index is 11.3. The van der Waals surface area contributed by atoms with Gasteiger partial charge in [-0.3, -0.25) is 4.79 Å². The van der Waals surface area contributed by atoms with E-state index in [2.05, 4.69) is 10.3 Å². The third-order valence-corrected chi connectivity index (χ3v) is 4.01. The van der Waals surface area contributed by atoms with Gasteiger partial charge in [-0.25, -0.2) is 0 Å². The van der Waals surface area contributed by atoms with Gasteiger partial charge in [-0.15, -0.1) is 12.4 Å². The summed E-state index contributed by atoms with van der Waals surface area (Å²) in [6.45, 7) is 1.25. The Labute approximate surface area is 162 Å². The number of benzene rings is 2. The number of H-pyrrole nitrogens is 1. The number of halogens is 2. The summed E-state index contributed by atoms with van der Waals surface area (Å²) in [6.07, 6.45) is -0.626. The molecule has 0 spiro atoms. The van der Waals surface area contributed by atoms with E-state index in [9.17, 15) is 9.90 Å². The first-order valence-electron chi connectivity index (χ1n) is 7.99. The third kappa shape index (κ3) is 5.75. The number of aromatic amines is 1. The molecule has 3 aromatic rings. The van der Waals surface area contributed by atoms with Crippen molar-refractivity contribution in [2.24, 2.45) is 0 Å². The Kier molecular flexibility index (Phi) is 7.48. The molecule has 3 rings (SSSR count). The van der Waals surface area contributed by atoms with Gasteiger partial charge in [0.2, 0.25) is 5.56 Å². The van der Waals surface area contributed by atoms with E-state index in [1.54, 1.807) is 18.2 Å². The van der Waals surface area contributed by atoms with Crippen molar-refractivity contribution in [3.63, 3.8) is 0 Å². The minimum Gasteiger partial charge on any atom is -0.491 e. The highest BCUT2D eigenvalue weighted by atomic mass is 35.5. The van der Waals surface area contributed by atoms with Crippen LogP contribution in [0.3, 0.4) is 0 Å². The smallest absolute Gasteiger partial charge is 0.248 e. The fourth-order valence-electron chi connectivity index (χ4n) is 2.46. The molecular weight excluding hydrogens is 375 g/mol. The van der Waals surface area contributed by atoms with Crippen LogP contribution in [0.1, 0.15) is 5.56 Å². The molecule has 0 aliphatic carbocycles. The van der Waals surface area contributed by atoms with Crippen molar-refractivity contribution in [3.8, 4) is 5.75 Å². The predicted octanol–water partition coefficient (Wildman–Crippen LogP) is 3.13. The van der Waals surface area contributed by atoms with Crippen LogP contribution < -0.4 is 15.6 Å². The molecule has 2 aromatic carbocycles. The van der Waals surface area contributed by atoms with Gasteiger partial charge in [0.1, 0.15) is 18.5 Å². The van der Waals surface area contributed by atoms with E-state index in [-0.39, 0.29) is 24.6 Å². The molecule has 138 valence electrons. The Morgan fingerprint density at radius 1 is 1.12 bits per heavy atom. The van der Waals surface area contributed by atoms with E-state index in [1.807, 2.05) is 30.3 Å². The predicted molar refractivity (Wildman–Crippen MR) is 106 cm³/mol. The van der Waals surface area contributed by atoms with Crippen molar-refractivity contribution < 1.29 is 9.84 Å². The molecule has 0 aliphatic rings. The quantitative estimate of drug-likeness (QED) is 0.575. The summed E-state index contributed by atoms with van der Waals surface area (Å²) in [6, 6.07) is 16.2. The van der Waals surface area contributed by atoms with Crippen LogP contribution in [0.5, 0.6) is 5.75 Å². The number of fused-ring (bicyclic) bond motifs is 1. The van der Waals surface area contributed by atoms with Crippen molar-refractivity contribution in [2.45, 2.75) is 12.6 Å². The highest BCUT2D eigenvalue weighted by Crippen LogP contribution is 2.18. The van der Waals surface area contributed by atoms with Crippen LogP contribution >= 0.6 is 24.0 Å². The maximum absolute atomic E-state index is 11.3. The van der Waals surface area contributed by atoms with Gasteiger partial charge in [0.05, 0.1) is 0 Å². The van der Waals surface area contributed by atoms with Crippen LogP contribution in [0.2, 0.25) is 5.02 Å². The second-order valence-electron chi connectivity index (χ2n) is 5.79. The first kappa shape index (κ1) is 20.3. The van der Waals surface area contributed by atoms with Gasteiger partial charge in [0.15, 0.2) is 0 Å². The molecule has 0 saturated heterocycles. The number of aromatic nitrogens is 1. The van der Waals surface area contributed by atoms with Crippen LogP contribution in [0.4, 0.5) is 0 Å². The van der Waals surface area contributed by atoms with Crippen LogP contribution in [0.25, 0.3) is 10.9 Å². The summed E-state index contributed by atoms with van der Waals surface area (Å²) in [5.74, 6) is 0.649. The molecule has 5 nitrogen and oxygen atoms in total. The number of aliphatic hydroxyl groups excluding tert-OH is 1. The molecule has 1 atom stereocenters. The highest BCUT2D eigenvalue weighted by molar-refractivity contribution is 6.30. The summed E-state index contributed by atoms with van der Waals surface area (Å²) in [7, 11) is 0. The fraction of sp³-hybridized carbons (Fsp3) is 0.211. The summed E-state index contributed by atoms with van der Waals surface area (Å²) in [5, 5.41) is 14.8. The lowest BCUT2D eigenvalue weighted by Gasteiger charge is -2.14. The van der Waals surface area contributed by atoms with Crippen LogP contribution in [-0.4, -0.2) is 29.3 Å². The van der Waals surface area contributed by atoms with E-state index in [1.165, 1.54) is 6.07 Å². The summed E-state index contributed by atoms with van der Waals surface area (Å²) in [5.41, 5.74) is 1.72. The normalized spacial score (nSPS) is 11.8. The van der Waals surface area contributed by atoms with E-state index < -0.39 is 6.10 Å². The zero-order chi connectivity index (χ0) is 17.6. The first-order valence-corrected chi connectivity index (χ1v) is 8.37. The summed E-state index contributed by atoms with van der Waals surface area (Å²) in [4.78, 5) is 14.0. The molecule has 0 unspecified atom stereocenters. The Hall–Kier alpha value is -2.05. The fourth-order valence-corrected chi connectivity index (χ4v) is 2.58. The minimum atomic E-state index is -0.626. The third-order valence-electron chi connectivity index (χ3n) is 3.76. The standard InChI is InChI=1S/C19H19ClN2O3.ClH/c20-15-4-1-13(2-5-15)10-21-11-16(23)12-25-17-6-7-18-14(9-17)3-8-19(24)22-18;/h1-9,16,21,23H,10-12H2,(H,22,24);1H/t16-;/m1./s1. The van der Waals surface area contributed by atoms with Crippen LogP contribution in [-0.2, 0) is 6.54 Å². The van der Waals surface area contributed by atoms with Crippen LogP contribution in [0.15, 0.2) is 59.4 Å². The lowest BCUT2D eigenvalue weighted by Crippen LogP contribution is -2.31. The molecule has 0 amide bonds. The second kappa shape index (κ2) is 9.59. The lowest BCUT2D eigenvalue weighted by molar-refractivity contribution is 0.106. The number of rotatable bonds is 7. The SMILES string of the molecule is Cl.O=c1ccc2cc(OC[C@H](O)CNCc3ccc(Cl)cc3)ccc2[nH]1. The van der Waals surface area contributed by atoms with Gasteiger partial charge < -0.3 is 20.1 Å². The van der Waals surface area contributed by atoms with Gasteiger partial charge >= 0.3 is 0 Å². The van der Waals surface area contributed by atoms with E-state index in [0.29, 0.717) is 23.9 Å². The molecule has 0 aliphatic heterocycles. The lowest BCUT2D eigenvalue weighted by atomic mass is 10.2. The van der Waals surface area contributed by atoms with Crippen molar-refractivity contribution in [3.05, 3.63) is 75.5 Å². The zero-order valence-electron chi connectivity index (χ0n) is 13.9. The number of pyridine rings is 1. The molecule has 0 fully saturated rings.